The second-order valence-corrected chi connectivity index (χ2v) is 6.50. The average Bonchev–Trinajstić information content (AvgIpc) is 2.75. The summed E-state index contributed by atoms with van der Waals surface area (Å²) in [5.74, 6) is 6.81. The zero-order valence-electron chi connectivity index (χ0n) is 12.6. The number of hydrogen-bond acceptors (Lipinski definition) is 3. The molecule has 0 saturated heterocycles. The van der Waals surface area contributed by atoms with Gasteiger partial charge in [0.05, 0.1) is 12.1 Å². The molecule has 0 radical (unpaired) electrons. The summed E-state index contributed by atoms with van der Waals surface area (Å²) in [4.78, 5) is 3.91. The maximum Gasteiger partial charge on any atom is 0.137 e. The molecule has 0 aliphatic carbocycles. The Bertz CT molecular complexity index is 434. The van der Waals surface area contributed by atoms with Gasteiger partial charge in [-0.3, -0.25) is 4.68 Å². The van der Waals surface area contributed by atoms with E-state index in [0.717, 1.165) is 6.42 Å². The van der Waals surface area contributed by atoms with Crippen LogP contribution < -0.4 is 0 Å². The summed E-state index contributed by atoms with van der Waals surface area (Å²) in [6.45, 7) is 10.8. The first-order valence-electron chi connectivity index (χ1n) is 6.75. The Hall–Kier alpha value is -1.34. The van der Waals surface area contributed by atoms with Crippen LogP contribution in [-0.4, -0.2) is 25.5 Å². The molecule has 1 atom stereocenters. The third-order valence-electron chi connectivity index (χ3n) is 3.30. The number of nitrogens with zero attached hydrogens (tertiary/aromatic N) is 3. The van der Waals surface area contributed by atoms with Gasteiger partial charge in [0.1, 0.15) is 12.7 Å². The Morgan fingerprint density at radius 1 is 1.26 bits per heavy atom. The quantitative estimate of drug-likeness (QED) is 0.849. The average molecular weight is 263 g/mol. The Morgan fingerprint density at radius 2 is 1.95 bits per heavy atom. The van der Waals surface area contributed by atoms with Crippen molar-refractivity contribution in [2.75, 3.05) is 0 Å². The van der Waals surface area contributed by atoms with Crippen molar-refractivity contribution in [1.82, 2.24) is 14.8 Å². The van der Waals surface area contributed by atoms with E-state index in [2.05, 4.69) is 35.8 Å². The zero-order chi connectivity index (χ0) is 14.5. The molecule has 0 fully saturated rings. The second-order valence-electron chi connectivity index (χ2n) is 6.50. The molecular formula is C15H25N3O. The molecular weight excluding hydrogens is 238 g/mol. The number of aromatic nitrogens is 3. The molecule has 4 heteroatoms. The topological polar surface area (TPSA) is 50.9 Å². The molecule has 4 nitrogen and oxygen atoms in total. The summed E-state index contributed by atoms with van der Waals surface area (Å²) < 4.78 is 1.66. The molecule has 1 rings (SSSR count). The van der Waals surface area contributed by atoms with Gasteiger partial charge in [-0.1, -0.05) is 34.6 Å². The molecule has 0 bridgehead atoms. The van der Waals surface area contributed by atoms with Gasteiger partial charge in [0.15, 0.2) is 0 Å². The third kappa shape index (κ3) is 4.68. The van der Waals surface area contributed by atoms with E-state index in [-0.39, 0.29) is 5.41 Å². The minimum atomic E-state index is -0.912. The fourth-order valence-electron chi connectivity index (χ4n) is 1.63. The van der Waals surface area contributed by atoms with Gasteiger partial charge < -0.3 is 5.11 Å². The maximum atomic E-state index is 10.9. The lowest BCUT2D eigenvalue weighted by atomic mass is 9.74. The highest BCUT2D eigenvalue weighted by atomic mass is 16.3. The summed E-state index contributed by atoms with van der Waals surface area (Å²) in [5, 5.41) is 15.0. The molecule has 0 saturated carbocycles. The first-order chi connectivity index (χ1) is 8.74. The summed E-state index contributed by atoms with van der Waals surface area (Å²) in [6.07, 6.45) is 4.42. The van der Waals surface area contributed by atoms with Crippen LogP contribution in [0, 0.1) is 23.2 Å². The van der Waals surface area contributed by atoms with E-state index in [1.54, 1.807) is 11.0 Å². The smallest absolute Gasteiger partial charge is 0.137 e. The maximum absolute atomic E-state index is 10.9. The molecule has 0 aliphatic heterocycles. The van der Waals surface area contributed by atoms with Crippen LogP contribution in [0.1, 0.15) is 47.5 Å². The van der Waals surface area contributed by atoms with Crippen LogP contribution >= 0.6 is 0 Å². The summed E-state index contributed by atoms with van der Waals surface area (Å²) >= 11 is 0. The molecule has 1 aromatic rings. The van der Waals surface area contributed by atoms with E-state index in [4.69, 9.17) is 0 Å². The minimum Gasteiger partial charge on any atom is -0.386 e. The monoisotopic (exact) mass is 263 g/mol. The molecule has 0 spiro atoms. The van der Waals surface area contributed by atoms with Gasteiger partial charge in [-0.15, -0.1) is 11.8 Å². The molecule has 0 aromatic carbocycles. The predicted molar refractivity (Wildman–Crippen MR) is 76.3 cm³/mol. The summed E-state index contributed by atoms with van der Waals surface area (Å²) in [7, 11) is 0. The lowest BCUT2D eigenvalue weighted by Crippen LogP contribution is -2.46. The standard InChI is InChI=1S/C15H25N3O/c1-13(2)8-6-7-9-15(19,14(3,4)5)10-18-12-16-11-17-18/h11-13,19H,8-10H2,1-5H3. The van der Waals surface area contributed by atoms with E-state index >= 15 is 0 Å². The van der Waals surface area contributed by atoms with Gasteiger partial charge in [0, 0.05) is 12.8 Å². The van der Waals surface area contributed by atoms with Crippen LogP contribution in [0.3, 0.4) is 0 Å². The van der Waals surface area contributed by atoms with Crippen molar-refractivity contribution in [2.45, 2.75) is 59.6 Å². The third-order valence-corrected chi connectivity index (χ3v) is 3.30. The summed E-state index contributed by atoms with van der Waals surface area (Å²) in [5.41, 5.74) is -1.18. The zero-order valence-corrected chi connectivity index (χ0v) is 12.6. The van der Waals surface area contributed by atoms with Gasteiger partial charge in [-0.25, -0.2) is 4.98 Å². The van der Waals surface area contributed by atoms with Crippen LogP contribution in [-0.2, 0) is 6.54 Å². The van der Waals surface area contributed by atoms with Gasteiger partial charge >= 0.3 is 0 Å². The Balaban J connectivity index is 2.78. The SMILES string of the molecule is CC(C)CC#CCC(O)(Cn1cncn1)C(C)(C)C. The normalized spacial score (nSPS) is 14.9. The van der Waals surface area contributed by atoms with E-state index in [0.29, 0.717) is 18.9 Å². The molecule has 1 N–H and O–H groups in total. The van der Waals surface area contributed by atoms with Crippen molar-refractivity contribution in [3.8, 4) is 11.8 Å². The highest BCUT2D eigenvalue weighted by Gasteiger charge is 2.40. The van der Waals surface area contributed by atoms with Crippen LogP contribution in [0.5, 0.6) is 0 Å². The first kappa shape index (κ1) is 15.7. The Kier molecular flexibility index (Phi) is 5.13. The minimum absolute atomic E-state index is 0.272. The molecule has 1 unspecified atom stereocenters. The second kappa shape index (κ2) is 6.21. The summed E-state index contributed by atoms with van der Waals surface area (Å²) in [6, 6.07) is 0. The molecule has 106 valence electrons. The molecule has 0 amide bonds. The number of aliphatic hydroxyl groups is 1. The van der Waals surface area contributed by atoms with Crippen molar-refractivity contribution in [3.05, 3.63) is 12.7 Å². The fourth-order valence-corrected chi connectivity index (χ4v) is 1.63. The van der Waals surface area contributed by atoms with Crippen molar-refractivity contribution in [2.24, 2.45) is 11.3 Å². The highest BCUT2D eigenvalue weighted by Crippen LogP contribution is 2.34. The molecule has 1 aromatic heterocycles. The van der Waals surface area contributed by atoms with Crippen molar-refractivity contribution in [1.29, 1.82) is 0 Å². The Labute approximate surface area is 116 Å². The fraction of sp³-hybridized carbons (Fsp3) is 0.733. The Morgan fingerprint density at radius 3 is 2.42 bits per heavy atom. The van der Waals surface area contributed by atoms with E-state index < -0.39 is 5.60 Å². The molecule has 19 heavy (non-hydrogen) atoms. The van der Waals surface area contributed by atoms with E-state index in [1.807, 2.05) is 20.8 Å². The lowest BCUT2D eigenvalue weighted by Gasteiger charge is -2.38. The van der Waals surface area contributed by atoms with Crippen LogP contribution in [0.25, 0.3) is 0 Å². The van der Waals surface area contributed by atoms with E-state index in [9.17, 15) is 5.11 Å². The van der Waals surface area contributed by atoms with E-state index in [1.165, 1.54) is 6.33 Å². The molecule has 1 heterocycles. The van der Waals surface area contributed by atoms with Gasteiger partial charge in [0.2, 0.25) is 0 Å². The predicted octanol–water partition coefficient (Wildman–Crippen LogP) is 2.49. The van der Waals surface area contributed by atoms with Crippen LogP contribution in [0.2, 0.25) is 0 Å². The van der Waals surface area contributed by atoms with Gasteiger partial charge in [-0.05, 0) is 11.3 Å². The van der Waals surface area contributed by atoms with Crippen molar-refractivity contribution in [3.63, 3.8) is 0 Å². The van der Waals surface area contributed by atoms with Crippen molar-refractivity contribution >= 4 is 0 Å². The molecule has 0 aliphatic rings. The van der Waals surface area contributed by atoms with Crippen LogP contribution in [0.4, 0.5) is 0 Å². The number of hydrogen-bond donors (Lipinski definition) is 1. The van der Waals surface area contributed by atoms with Gasteiger partial charge in [-0.2, -0.15) is 5.10 Å². The largest absolute Gasteiger partial charge is 0.386 e. The van der Waals surface area contributed by atoms with Crippen LogP contribution in [0.15, 0.2) is 12.7 Å². The lowest BCUT2D eigenvalue weighted by molar-refractivity contribution is -0.0692. The number of rotatable bonds is 4. The highest BCUT2D eigenvalue weighted by molar-refractivity contribution is 5.07. The van der Waals surface area contributed by atoms with Crippen molar-refractivity contribution < 1.29 is 5.11 Å². The van der Waals surface area contributed by atoms with Gasteiger partial charge in [0.25, 0.3) is 0 Å². The first-order valence-corrected chi connectivity index (χ1v) is 6.75.